The molecule has 1 aliphatic heterocycles. The van der Waals surface area contributed by atoms with Gasteiger partial charge in [0.15, 0.2) is 0 Å². The summed E-state index contributed by atoms with van der Waals surface area (Å²) in [6.45, 7) is 3.36. The molecule has 0 amide bonds. The average Bonchev–Trinajstić information content (AvgIpc) is 2.55. The van der Waals surface area contributed by atoms with Gasteiger partial charge in [-0.2, -0.15) is 4.98 Å². The summed E-state index contributed by atoms with van der Waals surface area (Å²) in [6, 6.07) is 0.549. The van der Waals surface area contributed by atoms with Gasteiger partial charge >= 0.3 is 0 Å². The van der Waals surface area contributed by atoms with Crippen molar-refractivity contribution in [3.05, 3.63) is 10.7 Å². The van der Waals surface area contributed by atoms with E-state index < -0.39 is 0 Å². The summed E-state index contributed by atoms with van der Waals surface area (Å²) in [4.78, 5) is 11.2. The SMILES string of the molecule is CNc1ncc(Br)c(N2CCCCCC2C)n1. The number of aromatic nitrogens is 2. The van der Waals surface area contributed by atoms with E-state index in [2.05, 4.69) is 43.0 Å². The van der Waals surface area contributed by atoms with Crippen molar-refractivity contribution in [3.63, 3.8) is 0 Å². The van der Waals surface area contributed by atoms with E-state index in [0.717, 1.165) is 16.8 Å². The minimum Gasteiger partial charge on any atom is -0.357 e. The predicted octanol–water partition coefficient (Wildman–Crippen LogP) is 3.05. The number of hydrogen-bond donors (Lipinski definition) is 1. The van der Waals surface area contributed by atoms with Crippen LogP contribution >= 0.6 is 15.9 Å². The van der Waals surface area contributed by atoms with Crippen molar-refractivity contribution in [2.45, 2.75) is 38.6 Å². The second-order valence-corrected chi connectivity index (χ2v) is 5.36. The van der Waals surface area contributed by atoms with Crippen LogP contribution in [-0.2, 0) is 0 Å². The van der Waals surface area contributed by atoms with E-state index in [9.17, 15) is 0 Å². The Hall–Kier alpha value is -0.840. The number of hydrogen-bond acceptors (Lipinski definition) is 4. The zero-order valence-electron chi connectivity index (χ0n) is 10.4. The Labute approximate surface area is 111 Å². The standard InChI is InChI=1S/C12H19BrN4/c1-9-6-4-3-5-7-17(9)11-10(13)8-15-12(14-2)16-11/h8-9H,3-7H2,1-2H3,(H,14,15,16). The van der Waals surface area contributed by atoms with Crippen LogP contribution in [-0.4, -0.2) is 29.6 Å². The quantitative estimate of drug-likeness (QED) is 0.911. The highest BCUT2D eigenvalue weighted by molar-refractivity contribution is 9.10. The molecule has 17 heavy (non-hydrogen) atoms. The van der Waals surface area contributed by atoms with Crippen LogP contribution in [0.5, 0.6) is 0 Å². The molecule has 0 radical (unpaired) electrons. The predicted molar refractivity (Wildman–Crippen MR) is 74.6 cm³/mol. The van der Waals surface area contributed by atoms with Gasteiger partial charge < -0.3 is 10.2 Å². The molecule has 0 spiro atoms. The first-order valence-corrected chi connectivity index (χ1v) is 6.98. The number of rotatable bonds is 2. The zero-order valence-corrected chi connectivity index (χ0v) is 12.0. The molecule has 0 bridgehead atoms. The number of nitrogens with one attached hydrogen (secondary N) is 1. The van der Waals surface area contributed by atoms with Crippen molar-refractivity contribution in [1.29, 1.82) is 0 Å². The third-order valence-electron chi connectivity index (χ3n) is 3.27. The van der Waals surface area contributed by atoms with E-state index in [-0.39, 0.29) is 0 Å². The smallest absolute Gasteiger partial charge is 0.224 e. The van der Waals surface area contributed by atoms with Gasteiger partial charge in [-0.05, 0) is 35.7 Å². The molecule has 1 saturated heterocycles. The van der Waals surface area contributed by atoms with E-state index in [0.29, 0.717) is 12.0 Å². The first-order chi connectivity index (χ1) is 8.22. The molecule has 1 fully saturated rings. The maximum atomic E-state index is 4.56. The Balaban J connectivity index is 2.29. The molecule has 2 rings (SSSR count). The lowest BCUT2D eigenvalue weighted by Crippen LogP contribution is -2.33. The molecule has 4 nitrogen and oxygen atoms in total. The molecule has 1 aromatic heterocycles. The van der Waals surface area contributed by atoms with Crippen molar-refractivity contribution in [1.82, 2.24) is 9.97 Å². The van der Waals surface area contributed by atoms with E-state index in [1.165, 1.54) is 25.7 Å². The van der Waals surface area contributed by atoms with E-state index in [1.54, 1.807) is 0 Å². The van der Waals surface area contributed by atoms with Crippen LogP contribution in [0.4, 0.5) is 11.8 Å². The van der Waals surface area contributed by atoms with Gasteiger partial charge in [0, 0.05) is 25.8 Å². The maximum Gasteiger partial charge on any atom is 0.224 e. The highest BCUT2D eigenvalue weighted by Crippen LogP contribution is 2.29. The summed E-state index contributed by atoms with van der Waals surface area (Å²) < 4.78 is 0.977. The molecule has 1 atom stereocenters. The molecular formula is C12H19BrN4. The van der Waals surface area contributed by atoms with Crippen molar-refractivity contribution in [3.8, 4) is 0 Å². The van der Waals surface area contributed by atoms with Crippen molar-refractivity contribution in [2.75, 3.05) is 23.8 Å². The molecule has 0 saturated carbocycles. The van der Waals surface area contributed by atoms with Gasteiger partial charge in [-0.3, -0.25) is 0 Å². The van der Waals surface area contributed by atoms with Crippen molar-refractivity contribution >= 4 is 27.7 Å². The molecule has 94 valence electrons. The van der Waals surface area contributed by atoms with E-state index >= 15 is 0 Å². The van der Waals surface area contributed by atoms with Gasteiger partial charge in [0.1, 0.15) is 5.82 Å². The van der Waals surface area contributed by atoms with Gasteiger partial charge in [-0.25, -0.2) is 4.98 Å². The van der Waals surface area contributed by atoms with Crippen LogP contribution in [0.3, 0.4) is 0 Å². The number of anilines is 2. The summed E-state index contributed by atoms with van der Waals surface area (Å²) in [6.07, 6.45) is 6.95. The van der Waals surface area contributed by atoms with Crippen LogP contribution in [0.2, 0.25) is 0 Å². The van der Waals surface area contributed by atoms with Gasteiger partial charge in [0.25, 0.3) is 0 Å². The molecule has 2 heterocycles. The zero-order chi connectivity index (χ0) is 12.3. The fraction of sp³-hybridized carbons (Fsp3) is 0.667. The van der Waals surface area contributed by atoms with Crippen LogP contribution in [0.1, 0.15) is 32.6 Å². The molecule has 0 aromatic carbocycles. The molecule has 0 aliphatic carbocycles. The molecule has 1 unspecified atom stereocenters. The lowest BCUT2D eigenvalue weighted by molar-refractivity contribution is 0.610. The normalized spacial score (nSPS) is 21.1. The molecule has 1 N–H and O–H groups in total. The van der Waals surface area contributed by atoms with Crippen LogP contribution in [0.15, 0.2) is 10.7 Å². The third-order valence-corrected chi connectivity index (χ3v) is 3.83. The van der Waals surface area contributed by atoms with Crippen LogP contribution in [0, 0.1) is 0 Å². The van der Waals surface area contributed by atoms with Crippen molar-refractivity contribution < 1.29 is 0 Å². The number of halogens is 1. The Bertz CT molecular complexity index is 383. The van der Waals surface area contributed by atoms with Gasteiger partial charge in [-0.1, -0.05) is 12.8 Å². The maximum absolute atomic E-state index is 4.56. The monoisotopic (exact) mass is 298 g/mol. The summed E-state index contributed by atoms with van der Waals surface area (Å²) >= 11 is 3.55. The molecule has 1 aromatic rings. The average molecular weight is 299 g/mol. The summed E-state index contributed by atoms with van der Waals surface area (Å²) in [5.41, 5.74) is 0. The van der Waals surface area contributed by atoms with Crippen molar-refractivity contribution in [2.24, 2.45) is 0 Å². The Morgan fingerprint density at radius 1 is 1.41 bits per heavy atom. The van der Waals surface area contributed by atoms with Gasteiger partial charge in [0.05, 0.1) is 4.47 Å². The van der Waals surface area contributed by atoms with Crippen LogP contribution < -0.4 is 10.2 Å². The summed E-state index contributed by atoms with van der Waals surface area (Å²) in [5, 5.41) is 2.99. The summed E-state index contributed by atoms with van der Waals surface area (Å²) in [5.74, 6) is 1.69. The molecular weight excluding hydrogens is 280 g/mol. The lowest BCUT2D eigenvalue weighted by Gasteiger charge is -2.29. The first kappa shape index (κ1) is 12.6. The van der Waals surface area contributed by atoms with Gasteiger partial charge in [-0.15, -0.1) is 0 Å². The Morgan fingerprint density at radius 2 is 2.24 bits per heavy atom. The summed E-state index contributed by atoms with van der Waals surface area (Å²) in [7, 11) is 1.85. The highest BCUT2D eigenvalue weighted by atomic mass is 79.9. The third kappa shape index (κ3) is 2.89. The molecule has 5 heteroatoms. The molecule has 1 aliphatic rings. The van der Waals surface area contributed by atoms with Gasteiger partial charge in [0.2, 0.25) is 5.95 Å². The lowest BCUT2D eigenvalue weighted by atomic mass is 10.1. The Morgan fingerprint density at radius 3 is 3.00 bits per heavy atom. The topological polar surface area (TPSA) is 41.1 Å². The van der Waals surface area contributed by atoms with E-state index in [4.69, 9.17) is 0 Å². The number of nitrogens with zero attached hydrogens (tertiary/aromatic N) is 3. The largest absolute Gasteiger partial charge is 0.357 e. The first-order valence-electron chi connectivity index (χ1n) is 6.19. The highest BCUT2D eigenvalue weighted by Gasteiger charge is 2.20. The van der Waals surface area contributed by atoms with Crippen LogP contribution in [0.25, 0.3) is 0 Å². The second kappa shape index (κ2) is 5.67. The minimum absolute atomic E-state index is 0.549. The van der Waals surface area contributed by atoms with E-state index in [1.807, 2.05) is 13.2 Å². The fourth-order valence-electron chi connectivity index (χ4n) is 2.27. The minimum atomic E-state index is 0.549. The second-order valence-electron chi connectivity index (χ2n) is 4.51. The fourth-order valence-corrected chi connectivity index (χ4v) is 2.69. The Kier molecular flexibility index (Phi) is 4.20.